The molecule has 0 unspecified atom stereocenters. The fourth-order valence-corrected chi connectivity index (χ4v) is 5.12. The number of anilines is 2. The zero-order valence-corrected chi connectivity index (χ0v) is 18.7. The number of carboxylic acid groups (broad SMARTS) is 1. The van der Waals surface area contributed by atoms with Crippen molar-refractivity contribution < 1.29 is 19.5 Å². The van der Waals surface area contributed by atoms with E-state index in [1.807, 2.05) is 54.6 Å². The van der Waals surface area contributed by atoms with E-state index in [4.69, 9.17) is 0 Å². The molecule has 3 aromatic carbocycles. The molecule has 1 fully saturated rings. The number of aliphatic carboxylic acids is 1. The Morgan fingerprint density at radius 1 is 0.853 bits per heavy atom. The molecule has 2 N–H and O–H groups in total. The summed E-state index contributed by atoms with van der Waals surface area (Å²) >= 11 is 0. The molecule has 1 saturated carbocycles. The quantitative estimate of drug-likeness (QED) is 0.489. The Kier molecular flexibility index (Phi) is 5.88. The van der Waals surface area contributed by atoms with E-state index in [-0.39, 0.29) is 11.8 Å². The van der Waals surface area contributed by atoms with Crippen molar-refractivity contribution in [2.75, 3.05) is 16.8 Å². The highest BCUT2D eigenvalue weighted by Gasteiger charge is 2.38. The number of nitrogens with zero attached hydrogens (tertiary/aromatic N) is 1. The summed E-state index contributed by atoms with van der Waals surface area (Å²) in [6, 6.07) is 22.7. The van der Waals surface area contributed by atoms with Gasteiger partial charge in [-0.1, -0.05) is 55.0 Å². The maximum absolute atomic E-state index is 12.9. The normalized spacial score (nSPS) is 19.0. The average molecular weight is 455 g/mol. The molecule has 3 aromatic rings. The van der Waals surface area contributed by atoms with Crippen molar-refractivity contribution in [2.24, 2.45) is 11.8 Å². The van der Waals surface area contributed by atoms with Gasteiger partial charge in [-0.2, -0.15) is 0 Å². The van der Waals surface area contributed by atoms with Crippen LogP contribution in [0, 0.1) is 11.8 Å². The molecule has 0 aromatic heterocycles. The first-order valence-corrected chi connectivity index (χ1v) is 11.7. The van der Waals surface area contributed by atoms with Crippen molar-refractivity contribution in [1.82, 2.24) is 0 Å². The van der Waals surface area contributed by atoms with E-state index in [0.717, 1.165) is 40.9 Å². The van der Waals surface area contributed by atoms with Crippen LogP contribution in [0.2, 0.25) is 0 Å². The number of nitrogens with one attached hydrogen (secondary N) is 1. The van der Waals surface area contributed by atoms with Gasteiger partial charge in [0, 0.05) is 29.4 Å². The largest absolute Gasteiger partial charge is 0.481 e. The number of para-hydroxylation sites is 1. The van der Waals surface area contributed by atoms with Crippen molar-refractivity contribution in [2.45, 2.75) is 25.7 Å². The van der Waals surface area contributed by atoms with Crippen LogP contribution >= 0.6 is 0 Å². The Hall–Kier alpha value is -3.93. The summed E-state index contributed by atoms with van der Waals surface area (Å²) < 4.78 is 0. The van der Waals surface area contributed by atoms with Crippen LogP contribution in [0.25, 0.3) is 11.1 Å². The first-order valence-electron chi connectivity index (χ1n) is 11.7. The predicted molar refractivity (Wildman–Crippen MR) is 131 cm³/mol. The lowest BCUT2D eigenvalue weighted by Gasteiger charge is -2.18. The summed E-state index contributed by atoms with van der Waals surface area (Å²) in [5.74, 6) is -1.97. The molecule has 1 heterocycles. The predicted octanol–water partition coefficient (Wildman–Crippen LogP) is 5.63. The third-order valence-corrected chi connectivity index (χ3v) is 6.92. The van der Waals surface area contributed by atoms with Crippen molar-refractivity contribution in [3.63, 3.8) is 0 Å². The molecular formula is C28H26N2O4. The van der Waals surface area contributed by atoms with Gasteiger partial charge in [-0.3, -0.25) is 14.5 Å². The lowest BCUT2D eigenvalue weighted by Crippen LogP contribution is -2.33. The second kappa shape index (κ2) is 9.14. The number of hydrogen-bond acceptors (Lipinski definition) is 3. The Balaban J connectivity index is 1.30. The molecule has 34 heavy (non-hydrogen) atoms. The summed E-state index contributed by atoms with van der Waals surface area (Å²) in [4.78, 5) is 38.9. The van der Waals surface area contributed by atoms with Crippen LogP contribution in [0.5, 0.6) is 0 Å². The lowest BCUT2D eigenvalue weighted by atomic mass is 9.88. The van der Waals surface area contributed by atoms with Gasteiger partial charge in [0.05, 0.1) is 5.92 Å². The van der Waals surface area contributed by atoms with Crippen molar-refractivity contribution in [1.29, 1.82) is 0 Å². The molecule has 6 nitrogen and oxygen atoms in total. The molecule has 2 amide bonds. The van der Waals surface area contributed by atoms with Crippen LogP contribution in [-0.2, 0) is 11.2 Å². The topological polar surface area (TPSA) is 86.7 Å². The van der Waals surface area contributed by atoms with Crippen molar-refractivity contribution in [3.8, 4) is 11.1 Å². The van der Waals surface area contributed by atoms with Crippen molar-refractivity contribution >= 4 is 29.2 Å². The second-order valence-corrected chi connectivity index (χ2v) is 8.97. The highest BCUT2D eigenvalue weighted by molar-refractivity contribution is 6.03. The van der Waals surface area contributed by atoms with Crippen LogP contribution in [0.1, 0.15) is 35.2 Å². The van der Waals surface area contributed by atoms with Crippen molar-refractivity contribution in [3.05, 3.63) is 83.9 Å². The molecule has 1 aliphatic carbocycles. The molecule has 5 rings (SSSR count). The van der Waals surface area contributed by atoms with Gasteiger partial charge < -0.3 is 10.4 Å². The highest BCUT2D eigenvalue weighted by Crippen LogP contribution is 2.36. The molecule has 172 valence electrons. The Bertz CT molecular complexity index is 1240. The summed E-state index contributed by atoms with van der Waals surface area (Å²) in [6.45, 7) is 0.622. The molecule has 0 bridgehead atoms. The first-order chi connectivity index (χ1) is 16.5. The number of fused-ring (bicyclic) bond motifs is 1. The number of benzene rings is 3. The molecule has 0 saturated heterocycles. The fraction of sp³-hybridized carbons (Fsp3) is 0.250. The fourth-order valence-electron chi connectivity index (χ4n) is 5.12. The number of hydrogen-bond donors (Lipinski definition) is 2. The van der Waals surface area contributed by atoms with Gasteiger partial charge in [0.1, 0.15) is 0 Å². The van der Waals surface area contributed by atoms with Gasteiger partial charge in [-0.05, 0) is 60.2 Å². The standard InChI is InChI=1S/C28H26N2O4/c31-26(23-7-4-8-24(23)27(32)33)19-11-9-18(10-12-19)20-13-14-25-21(17-20)15-16-30(25)28(34)29-22-5-2-1-3-6-22/h1-3,5-6,9-14,17,23-24H,4,7-8,15-16H2,(H,29,34)(H,32,33)/t23-,24-/m1/s1. The number of carbonyl (C=O) groups excluding carboxylic acids is 2. The number of ketones is 1. The number of Topliss-reactive ketones (excluding diaryl/α,β-unsaturated/α-hetero) is 1. The van der Waals surface area contributed by atoms with E-state index in [0.29, 0.717) is 24.9 Å². The summed E-state index contributed by atoms with van der Waals surface area (Å²) in [5.41, 5.74) is 5.34. The highest BCUT2D eigenvalue weighted by atomic mass is 16.4. The number of amides is 2. The van der Waals surface area contributed by atoms with Gasteiger partial charge >= 0.3 is 12.0 Å². The molecular weight excluding hydrogens is 428 g/mol. The van der Waals surface area contributed by atoms with E-state index in [1.165, 1.54) is 0 Å². The molecule has 0 spiro atoms. The van der Waals surface area contributed by atoms with Crippen LogP contribution in [-0.4, -0.2) is 29.4 Å². The maximum atomic E-state index is 12.9. The van der Waals surface area contributed by atoms with Gasteiger partial charge in [-0.25, -0.2) is 4.79 Å². The van der Waals surface area contributed by atoms with Gasteiger partial charge in [-0.15, -0.1) is 0 Å². The van der Waals surface area contributed by atoms with Crippen LogP contribution in [0.4, 0.5) is 16.2 Å². The molecule has 1 aliphatic heterocycles. The minimum Gasteiger partial charge on any atom is -0.481 e. The van der Waals surface area contributed by atoms with Crippen LogP contribution in [0.15, 0.2) is 72.8 Å². The summed E-state index contributed by atoms with van der Waals surface area (Å²) in [7, 11) is 0. The number of rotatable bonds is 5. The Labute approximate surface area is 198 Å². The summed E-state index contributed by atoms with van der Waals surface area (Å²) in [5, 5.41) is 12.3. The molecule has 2 atom stereocenters. The lowest BCUT2D eigenvalue weighted by molar-refractivity contribution is -0.142. The maximum Gasteiger partial charge on any atom is 0.326 e. The third-order valence-electron chi connectivity index (χ3n) is 6.92. The third kappa shape index (κ3) is 4.19. The van der Waals surface area contributed by atoms with E-state index in [1.54, 1.807) is 17.0 Å². The van der Waals surface area contributed by atoms with Crippen LogP contribution < -0.4 is 10.2 Å². The first kappa shape index (κ1) is 21.9. The number of carboxylic acids is 1. The van der Waals surface area contributed by atoms with Gasteiger partial charge in [0.25, 0.3) is 0 Å². The smallest absolute Gasteiger partial charge is 0.326 e. The van der Waals surface area contributed by atoms with E-state index in [2.05, 4.69) is 11.4 Å². The van der Waals surface area contributed by atoms with Gasteiger partial charge in [0.2, 0.25) is 0 Å². The monoisotopic (exact) mass is 454 g/mol. The SMILES string of the molecule is O=C(O)[C@@H]1CCC[C@H]1C(=O)c1ccc(-c2ccc3c(c2)CCN3C(=O)Nc2ccccc2)cc1. The van der Waals surface area contributed by atoms with E-state index >= 15 is 0 Å². The van der Waals surface area contributed by atoms with Crippen LogP contribution in [0.3, 0.4) is 0 Å². The molecule has 0 radical (unpaired) electrons. The second-order valence-electron chi connectivity index (χ2n) is 8.97. The van der Waals surface area contributed by atoms with Gasteiger partial charge in [0.15, 0.2) is 5.78 Å². The Morgan fingerprint density at radius 2 is 1.56 bits per heavy atom. The zero-order valence-electron chi connectivity index (χ0n) is 18.7. The minimum absolute atomic E-state index is 0.0783. The molecule has 2 aliphatic rings. The number of carbonyl (C=O) groups is 3. The Morgan fingerprint density at radius 3 is 2.29 bits per heavy atom. The number of urea groups is 1. The summed E-state index contributed by atoms with van der Waals surface area (Å²) in [6.07, 6.45) is 2.76. The molecule has 6 heteroatoms. The van der Waals surface area contributed by atoms with E-state index in [9.17, 15) is 19.5 Å². The van der Waals surface area contributed by atoms with E-state index < -0.39 is 17.8 Å². The average Bonchev–Trinajstić information content (AvgIpc) is 3.51. The minimum atomic E-state index is -0.878. The zero-order chi connectivity index (χ0) is 23.7.